The maximum atomic E-state index is 12.9. The van der Waals surface area contributed by atoms with E-state index in [1.165, 1.54) is 12.8 Å². The van der Waals surface area contributed by atoms with Crippen LogP contribution >= 0.6 is 0 Å². The van der Waals surface area contributed by atoms with Crippen LogP contribution in [0.1, 0.15) is 45.4 Å². The summed E-state index contributed by atoms with van der Waals surface area (Å²) >= 11 is 0. The summed E-state index contributed by atoms with van der Waals surface area (Å²) in [6.45, 7) is 0.0425. The van der Waals surface area contributed by atoms with Crippen LogP contribution in [0.15, 0.2) is 0 Å². The van der Waals surface area contributed by atoms with Crippen molar-refractivity contribution in [3.8, 4) is 0 Å². The summed E-state index contributed by atoms with van der Waals surface area (Å²) in [5.74, 6) is -1.15. The van der Waals surface area contributed by atoms with Crippen molar-refractivity contribution in [3.05, 3.63) is 0 Å². The molecule has 1 spiro atoms. The molecular weight excluding hydrogens is 250 g/mol. The number of carbonyl (C=O) groups is 1. The molecule has 0 aromatic carbocycles. The van der Waals surface area contributed by atoms with Gasteiger partial charge in [-0.15, -0.1) is 0 Å². The number of ether oxygens (including phenoxy) is 1. The van der Waals surface area contributed by atoms with E-state index in [2.05, 4.69) is 0 Å². The highest BCUT2D eigenvalue weighted by Crippen LogP contribution is 2.81. The van der Waals surface area contributed by atoms with Crippen LogP contribution in [0.2, 0.25) is 0 Å². The fraction of sp³-hybridized carbons (Fsp3) is 0.933. The first-order valence-corrected chi connectivity index (χ1v) is 7.40. The van der Waals surface area contributed by atoms with Gasteiger partial charge in [-0.3, -0.25) is 4.79 Å². The number of halogens is 2. The van der Waals surface area contributed by atoms with Gasteiger partial charge in [-0.25, -0.2) is 8.78 Å². The van der Waals surface area contributed by atoms with Gasteiger partial charge in [0.05, 0.1) is 5.41 Å². The van der Waals surface area contributed by atoms with E-state index in [9.17, 15) is 13.6 Å². The Hall–Kier alpha value is -0.670. The molecule has 0 amide bonds. The van der Waals surface area contributed by atoms with Crippen LogP contribution in [0, 0.1) is 28.6 Å². The third-order valence-corrected chi connectivity index (χ3v) is 6.40. The van der Waals surface area contributed by atoms with Crippen molar-refractivity contribution in [1.29, 1.82) is 0 Å². The number of fused-ring (bicyclic) bond motifs is 2. The molecule has 5 atom stereocenters. The highest BCUT2D eigenvalue weighted by molar-refractivity contribution is 5.80. The lowest BCUT2D eigenvalue weighted by Gasteiger charge is -2.56. The lowest BCUT2D eigenvalue weighted by Crippen LogP contribution is -2.57. The summed E-state index contributed by atoms with van der Waals surface area (Å²) in [4.78, 5) is 12.4. The van der Waals surface area contributed by atoms with Crippen LogP contribution < -0.4 is 0 Å². The average molecular weight is 270 g/mol. The molecule has 0 saturated heterocycles. The molecule has 0 aromatic rings. The summed E-state index contributed by atoms with van der Waals surface area (Å²) in [7, 11) is 0. The quantitative estimate of drug-likeness (QED) is 0.735. The zero-order valence-corrected chi connectivity index (χ0v) is 11.3. The number of rotatable bonds is 3. The van der Waals surface area contributed by atoms with Crippen molar-refractivity contribution in [2.24, 2.45) is 28.6 Å². The molecule has 19 heavy (non-hydrogen) atoms. The molecule has 3 bridgehead atoms. The van der Waals surface area contributed by atoms with E-state index in [4.69, 9.17) is 4.74 Å². The Morgan fingerprint density at radius 1 is 1.21 bits per heavy atom. The van der Waals surface area contributed by atoms with Crippen LogP contribution in [-0.2, 0) is 9.53 Å². The van der Waals surface area contributed by atoms with Crippen LogP contribution in [0.4, 0.5) is 8.78 Å². The molecule has 4 heteroatoms. The normalized spacial score (nSPS) is 49.9. The van der Waals surface area contributed by atoms with Gasteiger partial charge < -0.3 is 4.74 Å². The highest BCUT2D eigenvalue weighted by atomic mass is 19.3. The van der Waals surface area contributed by atoms with E-state index in [1.807, 2.05) is 0 Å². The molecule has 4 rings (SSSR count). The van der Waals surface area contributed by atoms with Crippen molar-refractivity contribution in [1.82, 2.24) is 0 Å². The molecule has 5 unspecified atom stereocenters. The molecule has 0 aliphatic heterocycles. The number of alkyl halides is 2. The first kappa shape index (κ1) is 12.1. The van der Waals surface area contributed by atoms with E-state index in [0.717, 1.165) is 38.5 Å². The highest BCUT2D eigenvalue weighted by Gasteiger charge is 2.77. The predicted octanol–water partition coefficient (Wildman–Crippen LogP) is 3.40. The second-order valence-electron chi connectivity index (χ2n) is 7.60. The van der Waals surface area contributed by atoms with Gasteiger partial charge in [0.1, 0.15) is 0 Å². The first-order valence-electron chi connectivity index (χ1n) is 7.40. The van der Waals surface area contributed by atoms with Gasteiger partial charge in [-0.05, 0) is 61.7 Å². The Kier molecular flexibility index (Phi) is 2.11. The summed E-state index contributed by atoms with van der Waals surface area (Å²) in [5.41, 5.74) is -0.250. The van der Waals surface area contributed by atoms with Gasteiger partial charge in [-0.2, -0.15) is 0 Å². The monoisotopic (exact) mass is 270 g/mol. The summed E-state index contributed by atoms with van der Waals surface area (Å²) in [5, 5.41) is 0. The van der Waals surface area contributed by atoms with Crippen molar-refractivity contribution < 1.29 is 18.3 Å². The number of hydrogen-bond donors (Lipinski definition) is 0. The average Bonchev–Trinajstić information content (AvgIpc) is 2.61. The molecule has 4 aliphatic rings. The van der Waals surface area contributed by atoms with Gasteiger partial charge in [0.2, 0.25) is 0 Å². The molecule has 106 valence electrons. The van der Waals surface area contributed by atoms with E-state index >= 15 is 0 Å². The third-order valence-electron chi connectivity index (χ3n) is 6.40. The maximum absolute atomic E-state index is 12.9. The van der Waals surface area contributed by atoms with Gasteiger partial charge in [0.15, 0.2) is 6.61 Å². The van der Waals surface area contributed by atoms with Gasteiger partial charge >= 0.3 is 5.97 Å². The summed E-state index contributed by atoms with van der Waals surface area (Å²) in [6.07, 6.45) is 6.59. The smallest absolute Gasteiger partial charge is 0.312 e. The molecule has 0 aromatic heterocycles. The van der Waals surface area contributed by atoms with E-state index < -0.39 is 17.9 Å². The Bertz CT molecular complexity index is 438. The van der Waals surface area contributed by atoms with E-state index in [0.29, 0.717) is 11.8 Å². The first-order chi connectivity index (χ1) is 8.85. The standard InChI is InChI=1S/C15H20F2O2/c1-13(16,17)8-19-12(18)15-6-10-2-9-3-11(7-15)14(15,4-9)5-10/h9-11H,2-8H2,1H3. The van der Waals surface area contributed by atoms with Crippen molar-refractivity contribution in [2.75, 3.05) is 6.61 Å². The zero-order chi connectivity index (χ0) is 13.5. The number of esters is 1. The molecule has 4 aliphatic carbocycles. The third kappa shape index (κ3) is 1.38. The second kappa shape index (κ2) is 3.32. The Labute approximate surface area is 111 Å². The summed E-state index contributed by atoms with van der Waals surface area (Å²) in [6, 6.07) is 0. The van der Waals surface area contributed by atoms with Crippen LogP contribution in [0.3, 0.4) is 0 Å². The minimum absolute atomic E-state index is 0.140. The SMILES string of the molecule is CC(F)(F)COC(=O)C12CC3CC4CC(C1)C2(C4)C3. The van der Waals surface area contributed by atoms with Gasteiger partial charge in [-0.1, -0.05) is 0 Å². The topological polar surface area (TPSA) is 26.3 Å². The van der Waals surface area contributed by atoms with Gasteiger partial charge in [0, 0.05) is 6.92 Å². The maximum Gasteiger partial charge on any atom is 0.312 e. The van der Waals surface area contributed by atoms with Gasteiger partial charge in [0.25, 0.3) is 5.92 Å². The minimum Gasteiger partial charge on any atom is -0.459 e. The molecule has 4 saturated carbocycles. The van der Waals surface area contributed by atoms with Crippen molar-refractivity contribution in [3.63, 3.8) is 0 Å². The minimum atomic E-state index is -2.92. The Morgan fingerprint density at radius 3 is 2.68 bits per heavy atom. The predicted molar refractivity (Wildman–Crippen MR) is 64.6 cm³/mol. The van der Waals surface area contributed by atoms with Crippen LogP contribution in [-0.4, -0.2) is 18.5 Å². The fourth-order valence-electron chi connectivity index (χ4n) is 6.08. The largest absolute Gasteiger partial charge is 0.459 e. The Balaban J connectivity index is 1.57. The Morgan fingerprint density at radius 2 is 1.95 bits per heavy atom. The molecular formula is C15H20F2O2. The fourth-order valence-corrected chi connectivity index (χ4v) is 6.08. The molecule has 2 nitrogen and oxygen atoms in total. The number of carbonyl (C=O) groups excluding carboxylic acids is 1. The molecule has 0 N–H and O–H groups in total. The molecule has 0 heterocycles. The van der Waals surface area contributed by atoms with Crippen molar-refractivity contribution >= 4 is 5.97 Å². The van der Waals surface area contributed by atoms with E-state index in [1.54, 1.807) is 0 Å². The molecule has 4 fully saturated rings. The van der Waals surface area contributed by atoms with Crippen molar-refractivity contribution in [2.45, 2.75) is 51.4 Å². The number of hydrogen-bond acceptors (Lipinski definition) is 2. The van der Waals surface area contributed by atoms with Crippen LogP contribution in [0.25, 0.3) is 0 Å². The molecule has 0 radical (unpaired) electrons. The van der Waals surface area contributed by atoms with E-state index in [-0.39, 0.29) is 11.4 Å². The van der Waals surface area contributed by atoms with Crippen LogP contribution in [0.5, 0.6) is 0 Å². The zero-order valence-electron chi connectivity index (χ0n) is 11.3. The second-order valence-corrected chi connectivity index (χ2v) is 7.60. The lowest BCUT2D eigenvalue weighted by molar-refractivity contribution is -0.194. The summed E-state index contributed by atoms with van der Waals surface area (Å²) < 4.78 is 30.8. The lowest BCUT2D eigenvalue weighted by atomic mass is 9.46.